The third-order valence-electron chi connectivity index (χ3n) is 2.56. The molecular formula is C14H19ClN2O4. The van der Waals surface area contributed by atoms with Gasteiger partial charge in [-0.25, -0.2) is 4.79 Å². The highest BCUT2D eigenvalue weighted by molar-refractivity contribution is 6.30. The Morgan fingerprint density at radius 3 is 2.52 bits per heavy atom. The molecule has 0 bridgehead atoms. The maximum atomic E-state index is 11.8. The Hall–Kier alpha value is -1.79. The second-order valence-corrected chi connectivity index (χ2v) is 5.92. The number of nitrogens with one attached hydrogen (secondary N) is 1. The lowest BCUT2D eigenvalue weighted by Gasteiger charge is -2.21. The number of carboxylic acids is 1. The lowest BCUT2D eigenvalue weighted by atomic mass is 9.97. The Labute approximate surface area is 128 Å². The number of aliphatic carboxylic acids is 1. The summed E-state index contributed by atoms with van der Waals surface area (Å²) in [4.78, 5) is 23.0. The minimum absolute atomic E-state index is 0.112. The number of carboxylic acid groups (broad SMARTS) is 1. The molecule has 116 valence electrons. The van der Waals surface area contributed by atoms with Gasteiger partial charge in [0.05, 0.1) is 5.92 Å². The summed E-state index contributed by atoms with van der Waals surface area (Å²) in [5.74, 6) is -2.05. The van der Waals surface area contributed by atoms with Crippen molar-refractivity contribution in [3.63, 3.8) is 0 Å². The SMILES string of the molecule is CC(C)(C)OC(=O)Nc1ccc(Cl)cc1C(CN)C(=O)O. The van der Waals surface area contributed by atoms with E-state index < -0.39 is 23.6 Å². The molecule has 0 spiro atoms. The number of hydrogen-bond acceptors (Lipinski definition) is 4. The maximum absolute atomic E-state index is 11.8. The Bertz CT molecular complexity index is 540. The van der Waals surface area contributed by atoms with Gasteiger partial charge in [0.25, 0.3) is 0 Å². The number of halogens is 1. The van der Waals surface area contributed by atoms with E-state index >= 15 is 0 Å². The lowest BCUT2D eigenvalue weighted by molar-refractivity contribution is -0.138. The van der Waals surface area contributed by atoms with Gasteiger partial charge in [-0.05, 0) is 44.5 Å². The molecule has 1 rings (SSSR count). The van der Waals surface area contributed by atoms with E-state index in [1.807, 2.05) is 0 Å². The lowest BCUT2D eigenvalue weighted by Crippen LogP contribution is -2.28. The molecule has 0 aliphatic heterocycles. The van der Waals surface area contributed by atoms with Crippen LogP contribution in [0.25, 0.3) is 0 Å². The number of amides is 1. The summed E-state index contributed by atoms with van der Waals surface area (Å²) in [6, 6.07) is 4.54. The van der Waals surface area contributed by atoms with Crippen molar-refractivity contribution in [1.82, 2.24) is 0 Å². The van der Waals surface area contributed by atoms with Crippen molar-refractivity contribution >= 4 is 29.4 Å². The van der Waals surface area contributed by atoms with Crippen LogP contribution in [0.3, 0.4) is 0 Å². The van der Waals surface area contributed by atoms with Gasteiger partial charge < -0.3 is 15.6 Å². The van der Waals surface area contributed by atoms with Crippen molar-refractivity contribution in [1.29, 1.82) is 0 Å². The molecule has 7 heteroatoms. The normalized spacial score (nSPS) is 12.6. The number of carbonyl (C=O) groups is 2. The topological polar surface area (TPSA) is 102 Å². The van der Waals surface area contributed by atoms with Crippen LogP contribution in [0.2, 0.25) is 5.02 Å². The fraction of sp³-hybridized carbons (Fsp3) is 0.429. The number of nitrogens with two attached hydrogens (primary N) is 1. The van der Waals surface area contributed by atoms with Crippen LogP contribution < -0.4 is 11.1 Å². The van der Waals surface area contributed by atoms with Crippen LogP contribution in [0.5, 0.6) is 0 Å². The van der Waals surface area contributed by atoms with Crippen molar-refractivity contribution in [3.05, 3.63) is 28.8 Å². The van der Waals surface area contributed by atoms with Crippen LogP contribution in [-0.2, 0) is 9.53 Å². The molecule has 6 nitrogen and oxygen atoms in total. The highest BCUT2D eigenvalue weighted by Crippen LogP contribution is 2.28. The Balaban J connectivity index is 3.07. The van der Waals surface area contributed by atoms with E-state index in [4.69, 9.17) is 22.1 Å². The molecule has 0 saturated heterocycles. The Morgan fingerprint density at radius 2 is 2.05 bits per heavy atom. The minimum Gasteiger partial charge on any atom is -0.481 e. The van der Waals surface area contributed by atoms with Crippen LogP contribution in [0, 0.1) is 0 Å². The van der Waals surface area contributed by atoms with E-state index in [1.54, 1.807) is 26.8 Å². The molecule has 1 atom stereocenters. The van der Waals surface area contributed by atoms with E-state index in [1.165, 1.54) is 12.1 Å². The molecule has 1 aromatic rings. The number of benzene rings is 1. The zero-order chi connectivity index (χ0) is 16.2. The van der Waals surface area contributed by atoms with Gasteiger partial charge in [0.15, 0.2) is 0 Å². The van der Waals surface area contributed by atoms with Crippen LogP contribution >= 0.6 is 11.6 Å². The summed E-state index contributed by atoms with van der Waals surface area (Å²) in [5, 5.41) is 12.1. The Morgan fingerprint density at radius 1 is 1.43 bits per heavy atom. The van der Waals surface area contributed by atoms with Gasteiger partial charge in [0.1, 0.15) is 5.60 Å². The molecule has 0 heterocycles. The second kappa shape index (κ2) is 6.78. The maximum Gasteiger partial charge on any atom is 0.412 e. The zero-order valence-corrected chi connectivity index (χ0v) is 12.9. The predicted octanol–water partition coefficient (Wildman–Crippen LogP) is 2.81. The van der Waals surface area contributed by atoms with Gasteiger partial charge in [0.2, 0.25) is 0 Å². The number of rotatable bonds is 4. The molecule has 1 amide bonds. The number of anilines is 1. The Kier molecular flexibility index (Phi) is 5.57. The summed E-state index contributed by atoms with van der Waals surface area (Å²) >= 11 is 5.89. The second-order valence-electron chi connectivity index (χ2n) is 5.48. The van der Waals surface area contributed by atoms with Crippen molar-refractivity contribution < 1.29 is 19.4 Å². The van der Waals surface area contributed by atoms with Gasteiger partial charge >= 0.3 is 12.1 Å². The summed E-state index contributed by atoms with van der Waals surface area (Å²) < 4.78 is 5.14. The number of carbonyl (C=O) groups excluding carboxylic acids is 1. The molecule has 0 aliphatic carbocycles. The number of ether oxygens (including phenoxy) is 1. The minimum atomic E-state index is -1.09. The van der Waals surface area contributed by atoms with Crippen molar-refractivity contribution in [3.8, 4) is 0 Å². The monoisotopic (exact) mass is 314 g/mol. The summed E-state index contributed by atoms with van der Waals surface area (Å²) in [7, 11) is 0. The van der Waals surface area contributed by atoms with Crippen molar-refractivity contribution in [2.75, 3.05) is 11.9 Å². The van der Waals surface area contributed by atoms with E-state index in [2.05, 4.69) is 5.32 Å². The van der Waals surface area contributed by atoms with E-state index in [0.29, 0.717) is 16.3 Å². The summed E-state index contributed by atoms with van der Waals surface area (Å²) in [6.45, 7) is 5.08. The van der Waals surface area contributed by atoms with Crippen molar-refractivity contribution in [2.45, 2.75) is 32.3 Å². The molecular weight excluding hydrogens is 296 g/mol. The largest absolute Gasteiger partial charge is 0.481 e. The molecule has 0 radical (unpaired) electrons. The zero-order valence-electron chi connectivity index (χ0n) is 12.1. The van der Waals surface area contributed by atoms with Gasteiger partial charge in [-0.1, -0.05) is 11.6 Å². The average Bonchev–Trinajstić information content (AvgIpc) is 2.30. The first-order valence-electron chi connectivity index (χ1n) is 6.36. The van der Waals surface area contributed by atoms with Crippen LogP contribution in [-0.4, -0.2) is 29.3 Å². The molecule has 21 heavy (non-hydrogen) atoms. The molecule has 0 aliphatic rings. The first kappa shape index (κ1) is 17.3. The third-order valence-corrected chi connectivity index (χ3v) is 2.79. The van der Waals surface area contributed by atoms with E-state index in [9.17, 15) is 14.7 Å². The van der Waals surface area contributed by atoms with Gasteiger partial charge in [-0.2, -0.15) is 0 Å². The fourth-order valence-corrected chi connectivity index (χ4v) is 1.89. The molecule has 0 fully saturated rings. The molecule has 1 aromatic carbocycles. The molecule has 4 N–H and O–H groups in total. The first-order chi connectivity index (χ1) is 9.64. The first-order valence-corrected chi connectivity index (χ1v) is 6.74. The summed E-state index contributed by atoms with van der Waals surface area (Å²) in [6.07, 6.45) is -0.674. The van der Waals surface area contributed by atoms with Gasteiger partial charge in [0, 0.05) is 17.3 Å². The number of hydrogen-bond donors (Lipinski definition) is 3. The van der Waals surface area contributed by atoms with E-state index in [0.717, 1.165) is 0 Å². The van der Waals surface area contributed by atoms with Crippen LogP contribution in [0.15, 0.2) is 18.2 Å². The molecule has 0 aromatic heterocycles. The fourth-order valence-electron chi connectivity index (χ4n) is 1.71. The average molecular weight is 315 g/mol. The highest BCUT2D eigenvalue weighted by atomic mass is 35.5. The standard InChI is InChI=1S/C14H19ClN2O4/c1-14(2,3)21-13(20)17-11-5-4-8(15)6-9(11)10(7-16)12(18)19/h4-6,10H,7,16H2,1-3H3,(H,17,20)(H,18,19). The smallest absolute Gasteiger partial charge is 0.412 e. The molecule has 0 saturated carbocycles. The summed E-state index contributed by atoms with van der Waals surface area (Å²) in [5.41, 5.74) is 5.48. The highest BCUT2D eigenvalue weighted by Gasteiger charge is 2.24. The van der Waals surface area contributed by atoms with Gasteiger partial charge in [-0.15, -0.1) is 0 Å². The van der Waals surface area contributed by atoms with Gasteiger partial charge in [-0.3, -0.25) is 10.1 Å². The predicted molar refractivity (Wildman–Crippen MR) is 80.7 cm³/mol. The third kappa shape index (κ3) is 5.24. The van der Waals surface area contributed by atoms with E-state index in [-0.39, 0.29) is 6.54 Å². The quantitative estimate of drug-likeness (QED) is 0.793. The van der Waals surface area contributed by atoms with Crippen molar-refractivity contribution in [2.24, 2.45) is 5.73 Å². The molecule has 1 unspecified atom stereocenters. The van der Waals surface area contributed by atoms with Crippen LogP contribution in [0.1, 0.15) is 32.3 Å². The van der Waals surface area contributed by atoms with Crippen LogP contribution in [0.4, 0.5) is 10.5 Å².